The molecule has 0 aliphatic rings. The Labute approximate surface area is 100 Å². The molecular formula is C13H16N2O2. The number of nitrogens with zero attached hydrogens (tertiary/aromatic N) is 1. The van der Waals surface area contributed by atoms with Gasteiger partial charge in [0.05, 0.1) is 23.9 Å². The summed E-state index contributed by atoms with van der Waals surface area (Å²) in [5.41, 5.74) is 7.24. The van der Waals surface area contributed by atoms with Gasteiger partial charge in [-0.25, -0.2) is 0 Å². The number of rotatable bonds is 4. The highest BCUT2D eigenvalue weighted by Gasteiger charge is 2.06. The lowest BCUT2D eigenvalue weighted by molar-refractivity contribution is 0.156. The van der Waals surface area contributed by atoms with E-state index in [0.717, 1.165) is 16.7 Å². The summed E-state index contributed by atoms with van der Waals surface area (Å²) in [6.45, 7) is 2.22. The first-order chi connectivity index (χ1) is 8.18. The average molecular weight is 232 g/mol. The van der Waals surface area contributed by atoms with Crippen LogP contribution in [0.1, 0.15) is 13.3 Å². The van der Waals surface area contributed by atoms with Gasteiger partial charge in [-0.1, -0.05) is 0 Å². The molecule has 0 amide bonds. The predicted octanol–water partition coefficient (Wildman–Crippen LogP) is 1.97. The van der Waals surface area contributed by atoms with Crippen LogP contribution in [-0.4, -0.2) is 22.8 Å². The number of nitrogen functional groups attached to an aromatic ring is 1. The Balaban J connectivity index is 2.26. The summed E-state index contributed by atoms with van der Waals surface area (Å²) in [6.07, 6.45) is 1.96. The van der Waals surface area contributed by atoms with Crippen LogP contribution in [0.25, 0.3) is 10.9 Å². The Morgan fingerprint density at radius 3 is 3.00 bits per heavy atom. The number of aliphatic hydroxyl groups is 1. The fraction of sp³-hybridized carbons (Fsp3) is 0.308. The van der Waals surface area contributed by atoms with Gasteiger partial charge in [0.2, 0.25) is 0 Å². The van der Waals surface area contributed by atoms with E-state index in [0.29, 0.717) is 18.7 Å². The third-order valence-electron chi connectivity index (χ3n) is 2.55. The van der Waals surface area contributed by atoms with Crippen LogP contribution in [0.3, 0.4) is 0 Å². The summed E-state index contributed by atoms with van der Waals surface area (Å²) >= 11 is 0. The Kier molecular flexibility index (Phi) is 3.44. The molecule has 0 saturated heterocycles. The summed E-state index contributed by atoms with van der Waals surface area (Å²) in [5, 5.41) is 10.1. The number of hydrogen-bond donors (Lipinski definition) is 2. The van der Waals surface area contributed by atoms with Crippen molar-refractivity contribution < 1.29 is 9.84 Å². The first-order valence-corrected chi connectivity index (χ1v) is 5.62. The number of hydrogen-bond acceptors (Lipinski definition) is 4. The zero-order valence-corrected chi connectivity index (χ0v) is 9.76. The van der Waals surface area contributed by atoms with Crippen molar-refractivity contribution in [2.45, 2.75) is 19.4 Å². The van der Waals surface area contributed by atoms with Crippen LogP contribution in [-0.2, 0) is 0 Å². The van der Waals surface area contributed by atoms with Crippen molar-refractivity contribution in [3.05, 3.63) is 30.5 Å². The molecule has 1 heterocycles. The molecule has 0 fully saturated rings. The number of anilines is 1. The minimum absolute atomic E-state index is 0.354. The highest BCUT2D eigenvalue weighted by atomic mass is 16.5. The van der Waals surface area contributed by atoms with Crippen molar-refractivity contribution in [1.82, 2.24) is 4.98 Å². The van der Waals surface area contributed by atoms with Crippen LogP contribution < -0.4 is 10.5 Å². The van der Waals surface area contributed by atoms with Crippen molar-refractivity contribution in [1.29, 1.82) is 0 Å². The largest absolute Gasteiger partial charge is 0.493 e. The summed E-state index contributed by atoms with van der Waals surface area (Å²) in [6, 6.07) is 7.40. The van der Waals surface area contributed by atoms with Crippen LogP contribution >= 0.6 is 0 Å². The predicted molar refractivity (Wildman–Crippen MR) is 67.9 cm³/mol. The van der Waals surface area contributed by atoms with E-state index in [1.54, 1.807) is 19.2 Å². The van der Waals surface area contributed by atoms with E-state index in [1.165, 1.54) is 0 Å². The Morgan fingerprint density at radius 2 is 2.24 bits per heavy atom. The molecule has 4 nitrogen and oxygen atoms in total. The summed E-state index contributed by atoms with van der Waals surface area (Å²) in [7, 11) is 0. The van der Waals surface area contributed by atoms with Crippen LogP contribution in [0.15, 0.2) is 30.5 Å². The second-order valence-electron chi connectivity index (χ2n) is 4.04. The second kappa shape index (κ2) is 5.01. The number of fused-ring (bicyclic) bond motifs is 1. The monoisotopic (exact) mass is 232 g/mol. The van der Waals surface area contributed by atoms with Crippen LogP contribution in [0.2, 0.25) is 0 Å². The maximum atomic E-state index is 9.18. The van der Waals surface area contributed by atoms with Crippen molar-refractivity contribution in [3.63, 3.8) is 0 Å². The molecule has 1 atom stereocenters. The molecule has 0 aliphatic carbocycles. The molecule has 4 heteroatoms. The van der Waals surface area contributed by atoms with Gasteiger partial charge in [0, 0.05) is 18.0 Å². The van der Waals surface area contributed by atoms with Gasteiger partial charge in [-0.05, 0) is 31.2 Å². The number of ether oxygens (including phenoxy) is 1. The van der Waals surface area contributed by atoms with Gasteiger partial charge >= 0.3 is 0 Å². The Morgan fingerprint density at radius 1 is 1.41 bits per heavy atom. The minimum Gasteiger partial charge on any atom is -0.493 e. The molecule has 17 heavy (non-hydrogen) atoms. The van der Waals surface area contributed by atoms with Crippen molar-refractivity contribution in [2.24, 2.45) is 0 Å². The normalized spacial score (nSPS) is 12.6. The van der Waals surface area contributed by atoms with Gasteiger partial charge in [0.15, 0.2) is 0 Å². The molecule has 0 radical (unpaired) electrons. The first-order valence-electron chi connectivity index (χ1n) is 5.62. The van der Waals surface area contributed by atoms with Gasteiger partial charge in [-0.2, -0.15) is 0 Å². The van der Waals surface area contributed by atoms with E-state index in [1.807, 2.05) is 18.2 Å². The van der Waals surface area contributed by atoms with Gasteiger partial charge in [-0.15, -0.1) is 0 Å². The van der Waals surface area contributed by atoms with E-state index in [4.69, 9.17) is 10.5 Å². The fourth-order valence-corrected chi connectivity index (χ4v) is 1.63. The van der Waals surface area contributed by atoms with Crippen molar-refractivity contribution in [2.75, 3.05) is 12.3 Å². The second-order valence-corrected chi connectivity index (χ2v) is 4.04. The first kappa shape index (κ1) is 11.7. The highest BCUT2D eigenvalue weighted by molar-refractivity contribution is 5.93. The van der Waals surface area contributed by atoms with Gasteiger partial charge < -0.3 is 15.6 Å². The van der Waals surface area contributed by atoms with E-state index in [2.05, 4.69) is 4.98 Å². The smallest absolute Gasteiger partial charge is 0.128 e. The SMILES string of the molecule is CC(O)CCOc1ccc(N)c2ncccc12. The highest BCUT2D eigenvalue weighted by Crippen LogP contribution is 2.28. The van der Waals surface area contributed by atoms with Gasteiger partial charge in [-0.3, -0.25) is 4.98 Å². The molecule has 1 aromatic carbocycles. The standard InChI is InChI=1S/C13H16N2O2/c1-9(16)6-8-17-12-5-4-11(14)13-10(12)3-2-7-15-13/h2-5,7,9,16H,6,8,14H2,1H3. The molecule has 1 unspecified atom stereocenters. The maximum Gasteiger partial charge on any atom is 0.128 e. The molecule has 0 saturated carbocycles. The summed E-state index contributed by atoms with van der Waals surface area (Å²) in [5.74, 6) is 0.753. The summed E-state index contributed by atoms with van der Waals surface area (Å²) in [4.78, 5) is 4.23. The molecule has 0 spiro atoms. The number of aliphatic hydroxyl groups excluding tert-OH is 1. The van der Waals surface area contributed by atoms with E-state index >= 15 is 0 Å². The van der Waals surface area contributed by atoms with E-state index < -0.39 is 0 Å². The molecule has 0 aliphatic heterocycles. The zero-order chi connectivity index (χ0) is 12.3. The average Bonchev–Trinajstić information content (AvgIpc) is 2.32. The van der Waals surface area contributed by atoms with Gasteiger partial charge in [0.1, 0.15) is 5.75 Å². The molecule has 90 valence electrons. The van der Waals surface area contributed by atoms with Crippen LogP contribution in [0.5, 0.6) is 5.75 Å². The minimum atomic E-state index is -0.354. The Bertz CT molecular complexity index is 512. The third-order valence-corrected chi connectivity index (χ3v) is 2.55. The van der Waals surface area contributed by atoms with E-state index in [-0.39, 0.29) is 6.10 Å². The fourth-order valence-electron chi connectivity index (χ4n) is 1.63. The molecule has 3 N–H and O–H groups in total. The van der Waals surface area contributed by atoms with Crippen LogP contribution in [0.4, 0.5) is 5.69 Å². The molecule has 2 rings (SSSR count). The Hall–Kier alpha value is -1.81. The number of aromatic nitrogens is 1. The number of pyridine rings is 1. The lowest BCUT2D eigenvalue weighted by Crippen LogP contribution is -2.07. The lowest BCUT2D eigenvalue weighted by Gasteiger charge is -2.11. The maximum absolute atomic E-state index is 9.18. The summed E-state index contributed by atoms with van der Waals surface area (Å²) < 4.78 is 5.63. The third kappa shape index (κ3) is 2.65. The topological polar surface area (TPSA) is 68.4 Å². The zero-order valence-electron chi connectivity index (χ0n) is 9.76. The molecule has 0 bridgehead atoms. The van der Waals surface area contributed by atoms with Crippen LogP contribution in [0, 0.1) is 0 Å². The van der Waals surface area contributed by atoms with Crippen molar-refractivity contribution >= 4 is 16.6 Å². The molecule has 2 aromatic rings. The quantitative estimate of drug-likeness (QED) is 0.791. The number of benzene rings is 1. The molecule has 1 aromatic heterocycles. The number of nitrogens with two attached hydrogens (primary N) is 1. The van der Waals surface area contributed by atoms with Gasteiger partial charge in [0.25, 0.3) is 0 Å². The lowest BCUT2D eigenvalue weighted by atomic mass is 10.2. The van der Waals surface area contributed by atoms with E-state index in [9.17, 15) is 5.11 Å². The van der Waals surface area contributed by atoms with Crippen molar-refractivity contribution in [3.8, 4) is 5.75 Å². The molecular weight excluding hydrogens is 216 g/mol.